The zero-order valence-corrected chi connectivity index (χ0v) is 12.8. The van der Waals surface area contributed by atoms with Gasteiger partial charge in [0.05, 0.1) is 11.7 Å². The maximum absolute atomic E-state index is 12.4. The van der Waals surface area contributed by atoms with Crippen molar-refractivity contribution in [3.63, 3.8) is 0 Å². The monoisotopic (exact) mass is 301 g/mol. The number of nitrogens with one attached hydrogen (secondary N) is 1. The molecule has 0 saturated heterocycles. The molecule has 1 aliphatic heterocycles. The second-order valence-corrected chi connectivity index (χ2v) is 5.86. The number of benzene rings is 1. The zero-order chi connectivity index (χ0) is 16.0. The van der Waals surface area contributed by atoms with Crippen LogP contribution in [-0.2, 0) is 4.74 Å². The molecule has 1 aromatic heterocycles. The van der Waals surface area contributed by atoms with E-state index in [1.807, 2.05) is 13.8 Å². The highest BCUT2D eigenvalue weighted by atomic mass is 16.5. The van der Waals surface area contributed by atoms with Crippen molar-refractivity contribution in [2.75, 3.05) is 0 Å². The van der Waals surface area contributed by atoms with E-state index >= 15 is 0 Å². The number of rotatable bonds is 1. The lowest BCUT2D eigenvalue weighted by molar-refractivity contribution is -0.00887. The summed E-state index contributed by atoms with van der Waals surface area (Å²) in [6, 6.07) is 6.63. The number of ether oxygens (including phenoxy) is 1. The highest BCUT2D eigenvalue weighted by Gasteiger charge is 2.36. The highest BCUT2D eigenvalue weighted by Crippen LogP contribution is 2.42. The van der Waals surface area contributed by atoms with E-state index in [1.165, 1.54) is 0 Å². The van der Waals surface area contributed by atoms with Crippen molar-refractivity contribution in [3.05, 3.63) is 56.9 Å². The molecule has 1 unspecified atom stereocenters. The normalized spacial score (nSPS) is 24.0. The van der Waals surface area contributed by atoms with Gasteiger partial charge in [0, 0.05) is 11.5 Å². The smallest absolute Gasteiger partial charge is 0.257 e. The van der Waals surface area contributed by atoms with Gasteiger partial charge in [0.1, 0.15) is 11.9 Å². The van der Waals surface area contributed by atoms with Crippen LogP contribution in [0, 0.1) is 6.92 Å². The Balaban J connectivity index is 2.24. The number of aromatic hydroxyl groups is 2. The molecule has 3 rings (SSSR count). The molecule has 1 aliphatic rings. The molecule has 116 valence electrons. The summed E-state index contributed by atoms with van der Waals surface area (Å²) in [4.78, 5) is 14.9. The Bertz CT molecular complexity index is 763. The highest BCUT2D eigenvalue weighted by molar-refractivity contribution is 5.47. The molecule has 0 fully saturated rings. The number of aromatic nitrogens is 1. The molecule has 0 amide bonds. The van der Waals surface area contributed by atoms with Crippen LogP contribution in [0.1, 0.15) is 48.1 Å². The predicted octanol–water partition coefficient (Wildman–Crippen LogP) is 2.71. The van der Waals surface area contributed by atoms with Crippen LogP contribution in [0.15, 0.2) is 29.1 Å². The van der Waals surface area contributed by atoms with Crippen LogP contribution < -0.4 is 5.56 Å². The third-order valence-electron chi connectivity index (χ3n) is 4.49. The molecular weight excluding hydrogens is 282 g/mol. The molecule has 2 heterocycles. The van der Waals surface area contributed by atoms with Gasteiger partial charge in [0.25, 0.3) is 5.56 Å². The predicted molar refractivity (Wildman–Crippen MR) is 82.4 cm³/mol. The SMILES string of the molecule is Cc1c(O)[nH]c(=O)c2c1[C@@H](C)[C@@H](C)OC2c1ccc(O)cc1. The fourth-order valence-corrected chi connectivity index (χ4v) is 3.10. The molecule has 0 aliphatic carbocycles. The summed E-state index contributed by atoms with van der Waals surface area (Å²) < 4.78 is 6.04. The van der Waals surface area contributed by atoms with E-state index in [2.05, 4.69) is 4.98 Å². The summed E-state index contributed by atoms with van der Waals surface area (Å²) in [5.41, 5.74) is 2.52. The van der Waals surface area contributed by atoms with Gasteiger partial charge in [-0.25, -0.2) is 0 Å². The van der Waals surface area contributed by atoms with Gasteiger partial charge in [-0.3, -0.25) is 9.78 Å². The van der Waals surface area contributed by atoms with Crippen molar-refractivity contribution < 1.29 is 14.9 Å². The van der Waals surface area contributed by atoms with E-state index in [-0.39, 0.29) is 29.2 Å². The molecule has 3 atom stereocenters. The van der Waals surface area contributed by atoms with E-state index < -0.39 is 6.10 Å². The molecular formula is C17H19NO4. The van der Waals surface area contributed by atoms with Gasteiger partial charge in [-0.2, -0.15) is 0 Å². The number of hydrogen-bond acceptors (Lipinski definition) is 4. The Labute approximate surface area is 128 Å². The minimum atomic E-state index is -0.509. The Morgan fingerprint density at radius 3 is 2.36 bits per heavy atom. The Kier molecular flexibility index (Phi) is 3.45. The fraction of sp³-hybridized carbons (Fsp3) is 0.353. The Morgan fingerprint density at radius 2 is 1.73 bits per heavy atom. The summed E-state index contributed by atoms with van der Waals surface area (Å²) in [7, 11) is 0. The van der Waals surface area contributed by atoms with Crippen LogP contribution >= 0.6 is 0 Å². The third-order valence-corrected chi connectivity index (χ3v) is 4.49. The topological polar surface area (TPSA) is 82.5 Å². The minimum Gasteiger partial charge on any atom is -0.508 e. The number of H-pyrrole nitrogens is 1. The largest absolute Gasteiger partial charge is 0.508 e. The van der Waals surface area contributed by atoms with E-state index in [0.717, 1.165) is 11.1 Å². The second-order valence-electron chi connectivity index (χ2n) is 5.86. The van der Waals surface area contributed by atoms with Crippen LogP contribution in [0.25, 0.3) is 0 Å². The van der Waals surface area contributed by atoms with Crippen molar-refractivity contribution in [1.29, 1.82) is 0 Å². The number of pyridine rings is 1. The summed E-state index contributed by atoms with van der Waals surface area (Å²) in [6.07, 6.45) is -0.601. The Morgan fingerprint density at radius 1 is 1.09 bits per heavy atom. The van der Waals surface area contributed by atoms with Gasteiger partial charge in [-0.05, 0) is 37.1 Å². The first-order valence-electron chi connectivity index (χ1n) is 7.30. The standard InChI is InChI=1S/C17H19NO4/c1-8-10(3)22-15(11-4-6-12(19)7-5-11)14-13(8)9(2)16(20)18-17(14)21/h4-8,10,15,19H,1-3H3,(H2,18,20,21)/t8-,10+,15?/m0/s1. The lowest BCUT2D eigenvalue weighted by Crippen LogP contribution is -2.34. The first-order valence-corrected chi connectivity index (χ1v) is 7.30. The number of hydrogen-bond donors (Lipinski definition) is 3. The molecule has 2 aromatic rings. The summed E-state index contributed by atoms with van der Waals surface area (Å²) >= 11 is 0. The summed E-state index contributed by atoms with van der Waals surface area (Å²) in [6.45, 7) is 5.74. The summed E-state index contributed by atoms with van der Waals surface area (Å²) in [5, 5.41) is 19.4. The molecule has 0 radical (unpaired) electrons. The van der Waals surface area contributed by atoms with Crippen molar-refractivity contribution in [2.45, 2.75) is 38.9 Å². The van der Waals surface area contributed by atoms with Gasteiger partial charge in [-0.15, -0.1) is 0 Å². The van der Waals surface area contributed by atoms with Crippen LogP contribution in [-0.4, -0.2) is 21.3 Å². The fourth-order valence-electron chi connectivity index (χ4n) is 3.10. The van der Waals surface area contributed by atoms with Crippen molar-refractivity contribution in [3.8, 4) is 11.6 Å². The lowest BCUT2D eigenvalue weighted by atomic mass is 9.83. The molecule has 1 aromatic carbocycles. The van der Waals surface area contributed by atoms with Crippen molar-refractivity contribution in [1.82, 2.24) is 4.98 Å². The maximum atomic E-state index is 12.4. The average molecular weight is 301 g/mol. The van der Waals surface area contributed by atoms with Gasteiger partial charge < -0.3 is 14.9 Å². The molecule has 3 N–H and O–H groups in total. The molecule has 22 heavy (non-hydrogen) atoms. The first-order chi connectivity index (χ1) is 10.4. The number of phenolic OH excluding ortho intramolecular Hbond substituents is 1. The number of phenols is 1. The average Bonchev–Trinajstić information content (AvgIpc) is 2.48. The maximum Gasteiger partial charge on any atom is 0.257 e. The quantitative estimate of drug-likeness (QED) is 0.756. The molecule has 5 heteroatoms. The lowest BCUT2D eigenvalue weighted by Gasteiger charge is -2.35. The van der Waals surface area contributed by atoms with Crippen molar-refractivity contribution >= 4 is 0 Å². The number of fused-ring (bicyclic) bond motifs is 1. The van der Waals surface area contributed by atoms with E-state index in [0.29, 0.717) is 11.1 Å². The van der Waals surface area contributed by atoms with Gasteiger partial charge >= 0.3 is 0 Å². The van der Waals surface area contributed by atoms with Crippen LogP contribution in [0.5, 0.6) is 11.6 Å². The van der Waals surface area contributed by atoms with Gasteiger partial charge in [0.2, 0.25) is 0 Å². The van der Waals surface area contributed by atoms with E-state index in [9.17, 15) is 15.0 Å². The molecule has 0 spiro atoms. The Hall–Kier alpha value is -2.27. The van der Waals surface area contributed by atoms with E-state index in [4.69, 9.17) is 4.74 Å². The third kappa shape index (κ3) is 2.18. The molecule has 0 saturated carbocycles. The van der Waals surface area contributed by atoms with Crippen LogP contribution in [0.4, 0.5) is 0 Å². The number of aromatic amines is 1. The minimum absolute atomic E-state index is 0.0107. The van der Waals surface area contributed by atoms with E-state index in [1.54, 1.807) is 31.2 Å². The van der Waals surface area contributed by atoms with Crippen LogP contribution in [0.3, 0.4) is 0 Å². The zero-order valence-electron chi connectivity index (χ0n) is 12.8. The first kappa shape index (κ1) is 14.7. The summed E-state index contributed by atoms with van der Waals surface area (Å²) in [5.74, 6) is 0.0858. The molecule has 5 nitrogen and oxygen atoms in total. The molecule has 0 bridgehead atoms. The van der Waals surface area contributed by atoms with Crippen molar-refractivity contribution in [2.24, 2.45) is 0 Å². The van der Waals surface area contributed by atoms with Crippen LogP contribution in [0.2, 0.25) is 0 Å². The van der Waals surface area contributed by atoms with Gasteiger partial charge in [-0.1, -0.05) is 19.1 Å². The second kappa shape index (κ2) is 5.18. The van der Waals surface area contributed by atoms with Gasteiger partial charge in [0.15, 0.2) is 5.88 Å².